The predicted octanol–water partition coefficient (Wildman–Crippen LogP) is 2.19. The summed E-state index contributed by atoms with van der Waals surface area (Å²) in [5.74, 6) is -2.34. The van der Waals surface area contributed by atoms with Crippen LogP contribution in [0.25, 0.3) is 0 Å². The molecule has 1 amide bonds. The molecule has 0 aliphatic heterocycles. The Morgan fingerprint density at radius 2 is 2.05 bits per heavy atom. The zero-order valence-electron chi connectivity index (χ0n) is 9.58. The third kappa shape index (κ3) is 2.40. The van der Waals surface area contributed by atoms with Gasteiger partial charge >= 0.3 is 0 Å². The molecule has 1 aromatic carbocycles. The maximum absolute atomic E-state index is 13.6. The fourth-order valence-electron chi connectivity index (χ4n) is 1.68. The van der Waals surface area contributed by atoms with Gasteiger partial charge in [0.15, 0.2) is 5.84 Å². The Hall–Kier alpha value is -1.70. The van der Waals surface area contributed by atoms with Crippen LogP contribution in [0.2, 0.25) is 0 Å². The van der Waals surface area contributed by atoms with Crippen molar-refractivity contribution in [3.05, 3.63) is 28.2 Å². The van der Waals surface area contributed by atoms with Gasteiger partial charge in [0.2, 0.25) is 5.91 Å². The van der Waals surface area contributed by atoms with Crippen LogP contribution in [-0.2, 0) is 4.79 Å². The maximum Gasteiger partial charge on any atom is 0.238 e. The first kappa shape index (κ1) is 13.7. The lowest BCUT2D eigenvalue weighted by atomic mass is 10.1. The molecule has 0 unspecified atom stereocenters. The van der Waals surface area contributed by atoms with Crippen LogP contribution >= 0.6 is 15.9 Å². The number of nitrogens with two attached hydrogens (primary N) is 1. The van der Waals surface area contributed by atoms with Gasteiger partial charge < -0.3 is 16.3 Å². The first-order valence-corrected chi connectivity index (χ1v) is 6.14. The zero-order valence-corrected chi connectivity index (χ0v) is 11.2. The second kappa shape index (κ2) is 4.76. The number of nitrogens with zero attached hydrogens (tertiary/aromatic N) is 1. The molecule has 0 aromatic heterocycles. The lowest BCUT2D eigenvalue weighted by Gasteiger charge is -2.14. The maximum atomic E-state index is 13.6. The molecule has 1 aliphatic rings. The van der Waals surface area contributed by atoms with Crippen LogP contribution in [-0.4, -0.2) is 17.0 Å². The van der Waals surface area contributed by atoms with E-state index in [9.17, 15) is 13.6 Å². The standard InChI is InChI=1S/C11H10BrF2N3O2/c12-5-3-7(14)8(4-6(5)13)16-10(18)11(1-2-11)9(15)17-19/h3-4,19H,1-2H2,(H2,15,17)(H,16,18). The number of anilines is 1. The summed E-state index contributed by atoms with van der Waals surface area (Å²) in [6.45, 7) is 0. The van der Waals surface area contributed by atoms with Gasteiger partial charge in [-0.15, -0.1) is 0 Å². The number of halogens is 3. The Labute approximate surface area is 115 Å². The molecule has 1 fully saturated rings. The average molecular weight is 334 g/mol. The minimum absolute atomic E-state index is 0.0411. The second-order valence-corrected chi connectivity index (χ2v) is 5.12. The van der Waals surface area contributed by atoms with Gasteiger partial charge in [0.05, 0.1) is 10.2 Å². The van der Waals surface area contributed by atoms with Crippen molar-refractivity contribution in [1.29, 1.82) is 0 Å². The molecule has 5 nitrogen and oxygen atoms in total. The van der Waals surface area contributed by atoms with Crippen molar-refractivity contribution in [2.75, 3.05) is 5.32 Å². The molecular formula is C11H10BrF2N3O2. The third-order valence-corrected chi connectivity index (χ3v) is 3.65. The van der Waals surface area contributed by atoms with Gasteiger partial charge in [-0.05, 0) is 34.8 Å². The van der Waals surface area contributed by atoms with E-state index < -0.39 is 23.0 Å². The molecule has 0 bridgehead atoms. The molecule has 1 saturated carbocycles. The summed E-state index contributed by atoms with van der Waals surface area (Å²) in [4.78, 5) is 12.0. The van der Waals surface area contributed by atoms with Gasteiger partial charge in [0, 0.05) is 6.07 Å². The van der Waals surface area contributed by atoms with Crippen LogP contribution in [0.5, 0.6) is 0 Å². The average Bonchev–Trinajstić information content (AvgIpc) is 3.16. The Morgan fingerprint density at radius 1 is 1.42 bits per heavy atom. The smallest absolute Gasteiger partial charge is 0.238 e. The highest BCUT2D eigenvalue weighted by molar-refractivity contribution is 9.10. The van der Waals surface area contributed by atoms with Crippen molar-refractivity contribution in [1.82, 2.24) is 0 Å². The van der Waals surface area contributed by atoms with Crippen LogP contribution in [0, 0.1) is 17.0 Å². The Balaban J connectivity index is 2.23. The highest BCUT2D eigenvalue weighted by Gasteiger charge is 2.54. The number of hydrogen-bond acceptors (Lipinski definition) is 3. The third-order valence-electron chi connectivity index (χ3n) is 3.04. The van der Waals surface area contributed by atoms with Crippen LogP contribution in [0.1, 0.15) is 12.8 Å². The van der Waals surface area contributed by atoms with Gasteiger partial charge in [0.1, 0.15) is 17.0 Å². The Bertz CT molecular complexity index is 573. The summed E-state index contributed by atoms with van der Waals surface area (Å²) < 4.78 is 26.8. The number of carbonyl (C=O) groups is 1. The van der Waals surface area contributed by atoms with E-state index in [2.05, 4.69) is 26.4 Å². The molecule has 0 spiro atoms. The summed E-state index contributed by atoms with van der Waals surface area (Å²) in [7, 11) is 0. The zero-order chi connectivity index (χ0) is 14.2. The monoisotopic (exact) mass is 333 g/mol. The molecule has 4 N–H and O–H groups in total. The first-order chi connectivity index (χ1) is 8.90. The molecule has 19 heavy (non-hydrogen) atoms. The van der Waals surface area contributed by atoms with Gasteiger partial charge in [0.25, 0.3) is 0 Å². The fraction of sp³-hybridized carbons (Fsp3) is 0.273. The Kier molecular flexibility index (Phi) is 3.44. The molecule has 0 heterocycles. The van der Waals surface area contributed by atoms with E-state index in [1.165, 1.54) is 0 Å². The summed E-state index contributed by atoms with van der Waals surface area (Å²) in [5, 5.41) is 13.7. The molecule has 102 valence electrons. The Morgan fingerprint density at radius 3 is 2.58 bits per heavy atom. The van der Waals surface area contributed by atoms with Gasteiger partial charge in [-0.3, -0.25) is 4.79 Å². The summed E-state index contributed by atoms with van der Waals surface area (Å²) >= 11 is 2.83. The fourth-order valence-corrected chi connectivity index (χ4v) is 2.00. The SMILES string of the molecule is N/C(=N/O)C1(C(=O)Nc2cc(F)c(Br)cc2F)CC1. The molecule has 1 aliphatic carbocycles. The molecular weight excluding hydrogens is 324 g/mol. The van der Waals surface area contributed by atoms with Gasteiger partial charge in [-0.25, -0.2) is 8.78 Å². The minimum Gasteiger partial charge on any atom is -0.409 e. The van der Waals surface area contributed by atoms with Crippen LogP contribution in [0.3, 0.4) is 0 Å². The van der Waals surface area contributed by atoms with Crippen molar-refractivity contribution in [3.8, 4) is 0 Å². The van der Waals surface area contributed by atoms with Crippen LogP contribution in [0.15, 0.2) is 21.8 Å². The number of hydrogen-bond donors (Lipinski definition) is 3. The molecule has 2 rings (SSSR count). The van der Waals surface area contributed by atoms with Crippen molar-refractivity contribution in [2.45, 2.75) is 12.8 Å². The van der Waals surface area contributed by atoms with E-state index in [1.807, 2.05) is 0 Å². The molecule has 1 aromatic rings. The van der Waals surface area contributed by atoms with E-state index in [0.29, 0.717) is 12.8 Å². The van der Waals surface area contributed by atoms with Crippen LogP contribution in [0.4, 0.5) is 14.5 Å². The number of oxime groups is 1. The lowest BCUT2D eigenvalue weighted by Crippen LogP contribution is -2.36. The van der Waals surface area contributed by atoms with Gasteiger partial charge in [-0.1, -0.05) is 5.16 Å². The number of amidine groups is 1. The van der Waals surface area contributed by atoms with Crippen LogP contribution < -0.4 is 11.1 Å². The van der Waals surface area contributed by atoms with Crippen molar-refractivity contribution in [3.63, 3.8) is 0 Å². The summed E-state index contributed by atoms with van der Waals surface area (Å²) in [6.07, 6.45) is 0.796. The second-order valence-electron chi connectivity index (χ2n) is 4.27. The first-order valence-electron chi connectivity index (χ1n) is 5.35. The molecule has 0 saturated heterocycles. The van der Waals surface area contributed by atoms with Crippen molar-refractivity contribution >= 4 is 33.4 Å². The van der Waals surface area contributed by atoms with E-state index in [-0.39, 0.29) is 16.0 Å². The highest BCUT2D eigenvalue weighted by atomic mass is 79.9. The summed E-state index contributed by atoms with van der Waals surface area (Å²) in [6, 6.07) is 1.77. The van der Waals surface area contributed by atoms with Crippen molar-refractivity contribution < 1.29 is 18.8 Å². The molecule has 0 radical (unpaired) electrons. The quantitative estimate of drug-likeness (QED) is 0.260. The molecule has 8 heteroatoms. The van der Waals surface area contributed by atoms with Gasteiger partial charge in [-0.2, -0.15) is 0 Å². The number of nitrogens with one attached hydrogen (secondary N) is 1. The van der Waals surface area contributed by atoms with E-state index in [1.54, 1.807) is 0 Å². The normalized spacial score (nSPS) is 17.1. The number of benzene rings is 1. The number of rotatable bonds is 3. The van der Waals surface area contributed by atoms with E-state index in [4.69, 9.17) is 10.9 Å². The minimum atomic E-state index is -1.12. The number of carbonyl (C=O) groups excluding carboxylic acids is 1. The highest BCUT2D eigenvalue weighted by Crippen LogP contribution is 2.46. The lowest BCUT2D eigenvalue weighted by molar-refractivity contribution is -0.119. The molecule has 0 atom stereocenters. The van der Waals surface area contributed by atoms with Crippen molar-refractivity contribution in [2.24, 2.45) is 16.3 Å². The predicted molar refractivity (Wildman–Crippen MR) is 67.8 cm³/mol. The topological polar surface area (TPSA) is 87.7 Å². The largest absolute Gasteiger partial charge is 0.409 e. The summed E-state index contributed by atoms with van der Waals surface area (Å²) in [5.41, 5.74) is 4.01. The number of amides is 1. The van der Waals surface area contributed by atoms with E-state index >= 15 is 0 Å². The van der Waals surface area contributed by atoms with E-state index in [0.717, 1.165) is 12.1 Å².